The summed E-state index contributed by atoms with van der Waals surface area (Å²) in [6.45, 7) is 4.38. The van der Waals surface area contributed by atoms with E-state index in [1.165, 1.54) is 16.2 Å². The van der Waals surface area contributed by atoms with Gasteiger partial charge in [-0.2, -0.15) is 0 Å². The molecule has 7 heteroatoms. The molecule has 3 rings (SSSR count). The number of rotatable bonds is 7. The van der Waals surface area contributed by atoms with Gasteiger partial charge in [-0.3, -0.25) is 4.79 Å². The number of thiophene rings is 1. The molecule has 0 aliphatic heterocycles. The largest absolute Gasteiger partial charge is 0.495 e. The standard InChI is InChI=1S/C21H26N2O4S/c1-4-27-21(25)19-14-10-9-13(2)11-17(14)28-20(19)23-18(24)12-22-15-7-5-6-8-16(15)26-3/h5-8,13,22H,4,9-12H2,1-3H3,(H,23,24)/t13-/m1/s1. The van der Waals surface area contributed by atoms with Crippen LogP contribution in [0.25, 0.3) is 0 Å². The molecule has 0 saturated carbocycles. The predicted molar refractivity (Wildman–Crippen MR) is 112 cm³/mol. The number of hydrogen-bond donors (Lipinski definition) is 2. The Hall–Kier alpha value is -2.54. The molecule has 2 N–H and O–H groups in total. The molecule has 0 spiro atoms. The monoisotopic (exact) mass is 402 g/mol. The molecule has 0 radical (unpaired) electrons. The molecule has 1 amide bonds. The minimum atomic E-state index is -0.359. The average molecular weight is 403 g/mol. The van der Waals surface area contributed by atoms with Crippen LogP contribution in [0.4, 0.5) is 10.7 Å². The fourth-order valence-electron chi connectivity index (χ4n) is 3.40. The lowest BCUT2D eigenvalue weighted by Crippen LogP contribution is -2.23. The molecule has 0 unspecified atom stereocenters. The number of carbonyl (C=O) groups is 2. The summed E-state index contributed by atoms with van der Waals surface area (Å²) in [5.41, 5.74) is 2.30. The molecule has 1 aliphatic rings. The first-order valence-electron chi connectivity index (χ1n) is 9.51. The number of fused-ring (bicyclic) bond motifs is 1. The topological polar surface area (TPSA) is 76.7 Å². The first-order valence-corrected chi connectivity index (χ1v) is 10.3. The van der Waals surface area contributed by atoms with E-state index in [0.29, 0.717) is 28.8 Å². The number of amides is 1. The van der Waals surface area contributed by atoms with Gasteiger partial charge in [-0.1, -0.05) is 19.1 Å². The van der Waals surface area contributed by atoms with E-state index in [4.69, 9.17) is 9.47 Å². The van der Waals surface area contributed by atoms with E-state index < -0.39 is 0 Å². The summed E-state index contributed by atoms with van der Waals surface area (Å²) >= 11 is 1.49. The van der Waals surface area contributed by atoms with Crippen molar-refractivity contribution in [3.63, 3.8) is 0 Å². The van der Waals surface area contributed by atoms with Crippen LogP contribution in [-0.4, -0.2) is 32.1 Å². The maximum Gasteiger partial charge on any atom is 0.341 e. The number of anilines is 2. The maximum absolute atomic E-state index is 12.5. The molecule has 1 aliphatic carbocycles. The van der Waals surface area contributed by atoms with Crippen LogP contribution < -0.4 is 15.4 Å². The molecule has 28 heavy (non-hydrogen) atoms. The highest BCUT2D eigenvalue weighted by Gasteiger charge is 2.29. The van der Waals surface area contributed by atoms with Gasteiger partial charge in [-0.15, -0.1) is 11.3 Å². The van der Waals surface area contributed by atoms with Crippen molar-refractivity contribution in [2.24, 2.45) is 5.92 Å². The Balaban J connectivity index is 1.75. The summed E-state index contributed by atoms with van der Waals surface area (Å²) in [5.74, 6) is 0.672. The lowest BCUT2D eigenvalue weighted by atomic mass is 9.88. The van der Waals surface area contributed by atoms with E-state index in [0.717, 1.165) is 30.5 Å². The van der Waals surface area contributed by atoms with Crippen molar-refractivity contribution in [3.8, 4) is 5.75 Å². The Morgan fingerprint density at radius 3 is 2.82 bits per heavy atom. The van der Waals surface area contributed by atoms with E-state index in [2.05, 4.69) is 17.6 Å². The van der Waals surface area contributed by atoms with Crippen LogP contribution in [0.15, 0.2) is 24.3 Å². The van der Waals surface area contributed by atoms with E-state index >= 15 is 0 Å². The third-order valence-electron chi connectivity index (χ3n) is 4.79. The normalized spacial score (nSPS) is 15.5. The molecule has 0 saturated heterocycles. The Bertz CT molecular complexity index is 862. The molecular formula is C21H26N2O4S. The van der Waals surface area contributed by atoms with Crippen LogP contribution >= 0.6 is 11.3 Å². The van der Waals surface area contributed by atoms with Gasteiger partial charge in [0.05, 0.1) is 31.5 Å². The van der Waals surface area contributed by atoms with Crippen molar-refractivity contribution in [1.29, 1.82) is 0 Å². The summed E-state index contributed by atoms with van der Waals surface area (Å²) in [5, 5.41) is 6.57. The van der Waals surface area contributed by atoms with Crippen molar-refractivity contribution in [2.75, 3.05) is 30.9 Å². The van der Waals surface area contributed by atoms with Crippen LogP contribution in [0.3, 0.4) is 0 Å². The van der Waals surface area contributed by atoms with E-state index in [1.54, 1.807) is 14.0 Å². The van der Waals surface area contributed by atoms with E-state index in [-0.39, 0.29) is 18.4 Å². The van der Waals surface area contributed by atoms with Gasteiger partial charge in [0.15, 0.2) is 0 Å². The van der Waals surface area contributed by atoms with Gasteiger partial charge in [0.25, 0.3) is 0 Å². The molecule has 0 bridgehead atoms. The van der Waals surface area contributed by atoms with Gasteiger partial charge in [0.1, 0.15) is 10.8 Å². The molecular weight excluding hydrogens is 376 g/mol. The summed E-state index contributed by atoms with van der Waals surface area (Å²) in [6.07, 6.45) is 2.82. The van der Waals surface area contributed by atoms with Gasteiger partial charge in [0.2, 0.25) is 5.91 Å². The van der Waals surface area contributed by atoms with Crippen molar-refractivity contribution in [2.45, 2.75) is 33.1 Å². The molecule has 6 nitrogen and oxygen atoms in total. The zero-order chi connectivity index (χ0) is 20.1. The van der Waals surface area contributed by atoms with Crippen molar-refractivity contribution in [3.05, 3.63) is 40.3 Å². The second kappa shape index (κ2) is 9.10. The first-order chi connectivity index (χ1) is 13.5. The molecule has 2 aromatic rings. The molecule has 150 valence electrons. The SMILES string of the molecule is CCOC(=O)c1c(NC(=O)CNc2ccccc2OC)sc2c1CC[C@@H](C)C2. The van der Waals surface area contributed by atoms with Gasteiger partial charge >= 0.3 is 5.97 Å². The summed E-state index contributed by atoms with van der Waals surface area (Å²) in [7, 11) is 1.59. The van der Waals surface area contributed by atoms with Crippen LogP contribution in [0.2, 0.25) is 0 Å². The average Bonchev–Trinajstić information content (AvgIpc) is 3.03. The number of nitrogens with one attached hydrogen (secondary N) is 2. The first kappa shape index (κ1) is 20.2. The van der Waals surface area contributed by atoms with Crippen LogP contribution in [0.1, 0.15) is 41.1 Å². The quantitative estimate of drug-likeness (QED) is 0.682. The van der Waals surface area contributed by atoms with Crippen LogP contribution in [0, 0.1) is 5.92 Å². The summed E-state index contributed by atoms with van der Waals surface area (Å²) in [4.78, 5) is 26.2. The summed E-state index contributed by atoms with van der Waals surface area (Å²) in [6, 6.07) is 7.41. The zero-order valence-electron chi connectivity index (χ0n) is 16.5. The fourth-order valence-corrected chi connectivity index (χ4v) is 4.81. The van der Waals surface area contributed by atoms with E-state index in [9.17, 15) is 9.59 Å². The molecule has 1 atom stereocenters. The number of benzene rings is 1. The van der Waals surface area contributed by atoms with Gasteiger partial charge in [-0.05, 0) is 49.8 Å². The van der Waals surface area contributed by atoms with Crippen molar-refractivity contribution in [1.82, 2.24) is 0 Å². The van der Waals surface area contributed by atoms with E-state index in [1.807, 2.05) is 24.3 Å². The lowest BCUT2D eigenvalue weighted by Gasteiger charge is -2.18. The zero-order valence-corrected chi connectivity index (χ0v) is 17.3. The van der Waals surface area contributed by atoms with Crippen LogP contribution in [-0.2, 0) is 22.4 Å². The smallest absolute Gasteiger partial charge is 0.341 e. The Kier molecular flexibility index (Phi) is 6.57. The number of hydrogen-bond acceptors (Lipinski definition) is 6. The van der Waals surface area contributed by atoms with Gasteiger partial charge in [0, 0.05) is 4.88 Å². The number of esters is 1. The van der Waals surface area contributed by atoms with Gasteiger partial charge < -0.3 is 20.1 Å². The maximum atomic E-state index is 12.5. The Labute approximate surface area is 169 Å². The molecule has 1 heterocycles. The fraction of sp³-hybridized carbons (Fsp3) is 0.429. The third-order valence-corrected chi connectivity index (χ3v) is 5.96. The highest BCUT2D eigenvalue weighted by Crippen LogP contribution is 2.40. The number of methoxy groups -OCH3 is 1. The Morgan fingerprint density at radius 1 is 1.29 bits per heavy atom. The highest BCUT2D eigenvalue weighted by molar-refractivity contribution is 7.17. The van der Waals surface area contributed by atoms with Gasteiger partial charge in [-0.25, -0.2) is 4.79 Å². The lowest BCUT2D eigenvalue weighted by molar-refractivity contribution is -0.114. The minimum Gasteiger partial charge on any atom is -0.495 e. The number of ether oxygens (including phenoxy) is 2. The van der Waals surface area contributed by atoms with Crippen molar-refractivity contribution >= 4 is 33.9 Å². The third kappa shape index (κ3) is 4.47. The number of carbonyl (C=O) groups excluding carboxylic acids is 2. The predicted octanol–water partition coefficient (Wildman–Crippen LogP) is 4.11. The molecule has 1 aromatic heterocycles. The Morgan fingerprint density at radius 2 is 2.07 bits per heavy atom. The van der Waals surface area contributed by atoms with Crippen LogP contribution in [0.5, 0.6) is 5.75 Å². The second-order valence-corrected chi connectivity index (χ2v) is 7.98. The summed E-state index contributed by atoms with van der Waals surface area (Å²) < 4.78 is 10.5. The minimum absolute atomic E-state index is 0.0710. The number of para-hydroxylation sites is 2. The highest BCUT2D eigenvalue weighted by atomic mass is 32.1. The molecule has 0 fully saturated rings. The molecule has 1 aromatic carbocycles. The van der Waals surface area contributed by atoms with Crippen molar-refractivity contribution < 1.29 is 19.1 Å². The second-order valence-electron chi connectivity index (χ2n) is 6.88.